The van der Waals surface area contributed by atoms with Crippen LogP contribution in [-0.4, -0.2) is 28.9 Å². The predicted molar refractivity (Wildman–Crippen MR) is 93.6 cm³/mol. The van der Waals surface area contributed by atoms with Crippen molar-refractivity contribution in [1.29, 1.82) is 0 Å². The summed E-state index contributed by atoms with van der Waals surface area (Å²) in [5.41, 5.74) is 6.78. The third-order valence-corrected chi connectivity index (χ3v) is 4.56. The molecule has 2 rings (SSSR count). The average molecular weight is 350 g/mol. The Morgan fingerprint density at radius 2 is 2.00 bits per heavy atom. The Labute approximate surface area is 141 Å². The normalized spacial score (nSPS) is 13.0. The summed E-state index contributed by atoms with van der Waals surface area (Å²) in [7, 11) is 1.79. The van der Waals surface area contributed by atoms with Gasteiger partial charge in [-0.2, -0.15) is 0 Å². The number of likely N-dealkylation sites (N-methyl/N-ethyl adjacent to an activating group) is 1. The van der Waals surface area contributed by atoms with Gasteiger partial charge in [-0.1, -0.05) is 19.1 Å². The standard InChI is InChI=1S/C14H19N3OS.2ClH/c1-4-10(15)14(18)17(3)9(2)13-16-11-7-5-6-8-12(11)19-13;;/h5-10H,4,15H2,1-3H3;2*1H/t9?,10-;;/m0../s1. The number of amides is 1. The summed E-state index contributed by atoms with van der Waals surface area (Å²) in [4.78, 5) is 18.4. The van der Waals surface area contributed by atoms with Crippen molar-refractivity contribution in [1.82, 2.24) is 9.88 Å². The molecule has 1 unspecified atom stereocenters. The van der Waals surface area contributed by atoms with Crippen LogP contribution in [0.5, 0.6) is 0 Å². The van der Waals surface area contributed by atoms with Crippen LogP contribution in [0.3, 0.4) is 0 Å². The van der Waals surface area contributed by atoms with Crippen LogP contribution < -0.4 is 5.73 Å². The van der Waals surface area contributed by atoms with Crippen molar-refractivity contribution in [2.24, 2.45) is 5.73 Å². The molecule has 0 spiro atoms. The first kappa shape index (κ1) is 20.1. The fourth-order valence-corrected chi connectivity index (χ4v) is 2.92. The lowest BCUT2D eigenvalue weighted by Crippen LogP contribution is -2.42. The van der Waals surface area contributed by atoms with Crippen LogP contribution in [0.1, 0.15) is 31.3 Å². The molecular weight excluding hydrogens is 329 g/mol. The zero-order valence-electron chi connectivity index (χ0n) is 12.3. The van der Waals surface area contributed by atoms with Crippen LogP contribution in [0.15, 0.2) is 24.3 Å². The number of hydrogen-bond acceptors (Lipinski definition) is 4. The molecule has 4 nitrogen and oxygen atoms in total. The molecule has 1 aromatic heterocycles. The Bertz CT molecular complexity index is 557. The lowest BCUT2D eigenvalue weighted by Gasteiger charge is -2.25. The summed E-state index contributed by atoms with van der Waals surface area (Å²) in [6, 6.07) is 7.52. The van der Waals surface area contributed by atoms with Crippen LogP contribution >= 0.6 is 36.2 Å². The molecule has 0 aliphatic rings. The molecule has 1 heterocycles. The average Bonchev–Trinajstić information content (AvgIpc) is 2.87. The number of aromatic nitrogens is 1. The number of para-hydroxylation sites is 1. The van der Waals surface area contributed by atoms with E-state index < -0.39 is 6.04 Å². The topological polar surface area (TPSA) is 59.2 Å². The van der Waals surface area contributed by atoms with Crippen LogP contribution in [0.25, 0.3) is 10.2 Å². The van der Waals surface area contributed by atoms with Gasteiger partial charge in [0.05, 0.1) is 22.3 Å². The van der Waals surface area contributed by atoms with E-state index in [4.69, 9.17) is 5.73 Å². The quantitative estimate of drug-likeness (QED) is 0.919. The first-order valence-corrected chi connectivity index (χ1v) is 7.24. The first-order chi connectivity index (χ1) is 9.04. The lowest BCUT2D eigenvalue weighted by molar-refractivity contribution is -0.133. The highest BCUT2D eigenvalue weighted by Crippen LogP contribution is 2.28. The second kappa shape index (κ2) is 8.54. The smallest absolute Gasteiger partial charge is 0.239 e. The molecule has 118 valence electrons. The Kier molecular flexibility index (Phi) is 8.18. The minimum absolute atomic E-state index is 0. The van der Waals surface area contributed by atoms with Gasteiger partial charge in [0.2, 0.25) is 5.91 Å². The second-order valence-corrected chi connectivity index (χ2v) is 5.72. The molecule has 21 heavy (non-hydrogen) atoms. The van der Waals surface area contributed by atoms with Gasteiger partial charge < -0.3 is 10.6 Å². The minimum Gasteiger partial charge on any atom is -0.335 e. The van der Waals surface area contributed by atoms with E-state index in [1.807, 2.05) is 38.1 Å². The largest absolute Gasteiger partial charge is 0.335 e. The van der Waals surface area contributed by atoms with Gasteiger partial charge in [-0.25, -0.2) is 4.98 Å². The summed E-state index contributed by atoms with van der Waals surface area (Å²) in [6.45, 7) is 3.90. The maximum Gasteiger partial charge on any atom is 0.239 e. The molecule has 1 aromatic carbocycles. The zero-order valence-corrected chi connectivity index (χ0v) is 14.7. The first-order valence-electron chi connectivity index (χ1n) is 6.42. The van der Waals surface area contributed by atoms with Crippen molar-refractivity contribution in [2.75, 3.05) is 7.05 Å². The van der Waals surface area contributed by atoms with E-state index >= 15 is 0 Å². The number of fused-ring (bicyclic) bond motifs is 1. The molecule has 2 atom stereocenters. The molecule has 0 saturated carbocycles. The summed E-state index contributed by atoms with van der Waals surface area (Å²) in [6.07, 6.45) is 0.649. The fraction of sp³-hybridized carbons (Fsp3) is 0.429. The molecule has 0 aliphatic carbocycles. The van der Waals surface area contributed by atoms with E-state index in [0.717, 1.165) is 15.2 Å². The fourth-order valence-electron chi connectivity index (χ4n) is 1.86. The summed E-state index contributed by atoms with van der Waals surface area (Å²) in [5, 5.41) is 0.945. The molecule has 0 aliphatic heterocycles. The second-order valence-electron chi connectivity index (χ2n) is 4.66. The highest BCUT2D eigenvalue weighted by atomic mass is 35.5. The molecule has 2 aromatic rings. The van der Waals surface area contributed by atoms with Gasteiger partial charge in [0, 0.05) is 7.05 Å². The van der Waals surface area contributed by atoms with E-state index in [9.17, 15) is 4.79 Å². The Morgan fingerprint density at radius 3 is 2.57 bits per heavy atom. The van der Waals surface area contributed by atoms with Gasteiger partial charge in [-0.15, -0.1) is 36.2 Å². The SMILES string of the molecule is CC[C@H](N)C(=O)N(C)C(C)c1nc2ccccc2s1.Cl.Cl. The summed E-state index contributed by atoms with van der Waals surface area (Å²) >= 11 is 1.62. The Hall–Kier alpha value is -0.880. The molecule has 1 amide bonds. The summed E-state index contributed by atoms with van der Waals surface area (Å²) < 4.78 is 1.14. The molecule has 0 fully saturated rings. The number of benzene rings is 1. The maximum atomic E-state index is 12.1. The highest BCUT2D eigenvalue weighted by molar-refractivity contribution is 7.18. The van der Waals surface area contributed by atoms with Crippen molar-refractivity contribution >= 4 is 52.3 Å². The van der Waals surface area contributed by atoms with Crippen molar-refractivity contribution in [2.45, 2.75) is 32.4 Å². The maximum absolute atomic E-state index is 12.1. The third-order valence-electron chi connectivity index (χ3n) is 3.35. The van der Waals surface area contributed by atoms with Crippen LogP contribution in [0, 0.1) is 0 Å². The van der Waals surface area contributed by atoms with E-state index in [0.29, 0.717) is 6.42 Å². The molecule has 0 saturated heterocycles. The number of thiazole rings is 1. The van der Waals surface area contributed by atoms with E-state index in [2.05, 4.69) is 4.98 Å². The van der Waals surface area contributed by atoms with Crippen LogP contribution in [0.4, 0.5) is 0 Å². The van der Waals surface area contributed by atoms with Gasteiger partial charge >= 0.3 is 0 Å². The lowest BCUT2D eigenvalue weighted by atomic mass is 10.2. The predicted octanol–water partition coefficient (Wildman–Crippen LogP) is 3.40. The number of carbonyl (C=O) groups excluding carboxylic acids is 1. The van der Waals surface area contributed by atoms with Gasteiger partial charge in [0.15, 0.2) is 0 Å². The number of nitrogens with two attached hydrogens (primary N) is 1. The van der Waals surface area contributed by atoms with Crippen LogP contribution in [-0.2, 0) is 4.79 Å². The number of rotatable bonds is 4. The number of hydrogen-bond donors (Lipinski definition) is 1. The van der Waals surface area contributed by atoms with Crippen LogP contribution in [0.2, 0.25) is 0 Å². The molecular formula is C14H21Cl2N3OS. The zero-order chi connectivity index (χ0) is 14.0. The molecule has 0 radical (unpaired) electrons. The van der Waals surface area contributed by atoms with Crippen molar-refractivity contribution in [3.05, 3.63) is 29.3 Å². The van der Waals surface area contributed by atoms with E-state index in [1.54, 1.807) is 23.3 Å². The van der Waals surface area contributed by atoms with Gasteiger partial charge in [0.1, 0.15) is 5.01 Å². The number of nitrogens with zero attached hydrogens (tertiary/aromatic N) is 2. The van der Waals surface area contributed by atoms with Crippen molar-refractivity contribution in [3.63, 3.8) is 0 Å². The number of carbonyl (C=O) groups is 1. The Morgan fingerprint density at radius 1 is 1.38 bits per heavy atom. The molecule has 0 bridgehead atoms. The molecule has 7 heteroatoms. The Balaban J connectivity index is 0.00000200. The van der Waals surface area contributed by atoms with E-state index in [1.165, 1.54) is 0 Å². The van der Waals surface area contributed by atoms with Crippen molar-refractivity contribution in [3.8, 4) is 0 Å². The van der Waals surface area contributed by atoms with Gasteiger partial charge in [-0.3, -0.25) is 4.79 Å². The number of halogens is 2. The van der Waals surface area contributed by atoms with Gasteiger partial charge in [-0.05, 0) is 25.5 Å². The summed E-state index contributed by atoms with van der Waals surface area (Å²) in [5.74, 6) is -0.0331. The monoisotopic (exact) mass is 349 g/mol. The van der Waals surface area contributed by atoms with E-state index in [-0.39, 0.29) is 36.8 Å². The highest BCUT2D eigenvalue weighted by Gasteiger charge is 2.23. The molecule has 2 N–H and O–H groups in total. The van der Waals surface area contributed by atoms with Crippen molar-refractivity contribution < 1.29 is 4.79 Å². The van der Waals surface area contributed by atoms with Gasteiger partial charge in [0.25, 0.3) is 0 Å². The minimum atomic E-state index is -0.429. The third kappa shape index (κ3) is 4.30.